The van der Waals surface area contributed by atoms with E-state index in [1.54, 1.807) is 11.8 Å². The molecule has 1 aromatic heterocycles. The number of halogens is 1. The van der Waals surface area contributed by atoms with Crippen LogP contribution in [0.3, 0.4) is 0 Å². The summed E-state index contributed by atoms with van der Waals surface area (Å²) in [5, 5.41) is 4.78. The van der Waals surface area contributed by atoms with Crippen LogP contribution in [0.15, 0.2) is 53.6 Å². The first-order valence-corrected chi connectivity index (χ1v) is 7.94. The number of nitrogens with zero attached hydrogens (tertiary/aromatic N) is 2. The highest BCUT2D eigenvalue weighted by atomic mass is 35.5. The van der Waals surface area contributed by atoms with Crippen LogP contribution in [-0.4, -0.2) is 17.0 Å². The Morgan fingerprint density at radius 2 is 1.67 bits per heavy atom. The van der Waals surface area contributed by atoms with E-state index in [9.17, 15) is 0 Å². The Morgan fingerprint density at radius 3 is 2.33 bits per heavy atom. The van der Waals surface area contributed by atoms with Crippen LogP contribution in [0, 0.1) is 0 Å². The maximum Gasteiger partial charge on any atom is 0.159 e. The molecule has 5 heteroatoms. The normalized spacial score (nSPS) is 10.8. The highest BCUT2D eigenvalue weighted by molar-refractivity contribution is 7.98. The lowest BCUT2D eigenvalue weighted by atomic mass is 10.2. The van der Waals surface area contributed by atoms with Gasteiger partial charge in [0.25, 0.3) is 0 Å². The van der Waals surface area contributed by atoms with Crippen molar-refractivity contribution < 1.29 is 0 Å². The smallest absolute Gasteiger partial charge is 0.159 e. The summed E-state index contributed by atoms with van der Waals surface area (Å²) in [6.07, 6.45) is 0. The highest BCUT2D eigenvalue weighted by Crippen LogP contribution is 2.28. The summed E-state index contributed by atoms with van der Waals surface area (Å²) in [5.41, 5.74) is 3.02. The van der Waals surface area contributed by atoms with E-state index in [1.165, 1.54) is 5.56 Å². The minimum absolute atomic E-state index is 0.755. The molecule has 0 unspecified atom stereocenters. The van der Waals surface area contributed by atoms with E-state index in [-0.39, 0.29) is 0 Å². The molecule has 0 aliphatic carbocycles. The number of hydrogen-bond donors (Lipinski definition) is 1. The van der Waals surface area contributed by atoms with Gasteiger partial charge in [0.2, 0.25) is 0 Å². The van der Waals surface area contributed by atoms with Gasteiger partial charge in [-0.15, -0.1) is 0 Å². The van der Waals surface area contributed by atoms with Crippen LogP contribution in [0.25, 0.3) is 11.0 Å². The first-order valence-electron chi connectivity index (χ1n) is 6.58. The van der Waals surface area contributed by atoms with Crippen molar-refractivity contribution in [1.82, 2.24) is 9.97 Å². The molecular formula is C16H14ClN3S. The van der Waals surface area contributed by atoms with Crippen LogP contribution in [0.1, 0.15) is 5.56 Å². The highest BCUT2D eigenvalue weighted by Gasteiger charge is 2.08. The van der Waals surface area contributed by atoms with Crippen molar-refractivity contribution in [2.75, 3.05) is 12.4 Å². The molecule has 0 saturated heterocycles. The standard InChI is InChI=1S/C16H14ClN3S/c1-18-15-16(20-14-5-3-2-4-13(14)19-15)21-10-11-6-8-12(17)9-7-11/h2-9H,10H2,1H3,(H,18,19). The zero-order valence-electron chi connectivity index (χ0n) is 11.5. The quantitative estimate of drug-likeness (QED) is 0.713. The number of para-hydroxylation sites is 2. The summed E-state index contributed by atoms with van der Waals surface area (Å²) < 4.78 is 0. The molecule has 0 aliphatic rings. The van der Waals surface area contributed by atoms with Crippen molar-refractivity contribution >= 4 is 40.2 Å². The minimum Gasteiger partial charge on any atom is -0.371 e. The molecule has 1 N–H and O–H groups in total. The second-order valence-corrected chi connectivity index (χ2v) is 5.93. The molecule has 106 valence electrons. The van der Waals surface area contributed by atoms with Crippen molar-refractivity contribution in [3.63, 3.8) is 0 Å². The molecule has 3 aromatic rings. The molecule has 2 aromatic carbocycles. The second kappa shape index (κ2) is 6.33. The molecular weight excluding hydrogens is 302 g/mol. The van der Waals surface area contributed by atoms with Crippen molar-refractivity contribution in [2.24, 2.45) is 0 Å². The van der Waals surface area contributed by atoms with Gasteiger partial charge in [-0.2, -0.15) is 0 Å². The van der Waals surface area contributed by atoms with Crippen LogP contribution in [-0.2, 0) is 5.75 Å². The molecule has 3 nitrogen and oxygen atoms in total. The number of nitrogens with one attached hydrogen (secondary N) is 1. The number of benzene rings is 2. The number of fused-ring (bicyclic) bond motifs is 1. The summed E-state index contributed by atoms with van der Waals surface area (Å²) in [4.78, 5) is 9.30. The van der Waals surface area contributed by atoms with E-state index in [0.717, 1.165) is 32.7 Å². The fraction of sp³-hybridized carbons (Fsp3) is 0.125. The minimum atomic E-state index is 0.755. The summed E-state index contributed by atoms with van der Waals surface area (Å²) in [6.45, 7) is 0. The first kappa shape index (κ1) is 14.2. The fourth-order valence-corrected chi connectivity index (χ4v) is 3.05. The molecule has 0 amide bonds. The van der Waals surface area contributed by atoms with Crippen molar-refractivity contribution in [2.45, 2.75) is 10.8 Å². The number of thioether (sulfide) groups is 1. The maximum absolute atomic E-state index is 5.90. The number of rotatable bonds is 4. The van der Waals surface area contributed by atoms with E-state index in [0.29, 0.717) is 0 Å². The van der Waals surface area contributed by atoms with Gasteiger partial charge >= 0.3 is 0 Å². The molecule has 21 heavy (non-hydrogen) atoms. The average molecular weight is 316 g/mol. The summed E-state index contributed by atoms with van der Waals surface area (Å²) >= 11 is 7.57. The molecule has 3 rings (SSSR count). The monoisotopic (exact) mass is 315 g/mol. The molecule has 0 bridgehead atoms. The third kappa shape index (κ3) is 3.28. The summed E-state index contributed by atoms with van der Waals surface area (Å²) in [6, 6.07) is 15.8. The third-order valence-corrected chi connectivity index (χ3v) is 4.35. The first-order chi connectivity index (χ1) is 10.3. The van der Waals surface area contributed by atoms with Gasteiger partial charge in [-0.3, -0.25) is 0 Å². The Morgan fingerprint density at radius 1 is 1.00 bits per heavy atom. The molecule has 0 saturated carbocycles. The molecule has 1 heterocycles. The van der Waals surface area contributed by atoms with Gasteiger partial charge in [0.1, 0.15) is 5.03 Å². The Labute approximate surface area is 132 Å². The average Bonchev–Trinajstić information content (AvgIpc) is 2.53. The largest absolute Gasteiger partial charge is 0.371 e. The van der Waals surface area contributed by atoms with Crippen molar-refractivity contribution in [1.29, 1.82) is 0 Å². The lowest BCUT2D eigenvalue weighted by Crippen LogP contribution is -1.98. The summed E-state index contributed by atoms with van der Waals surface area (Å²) in [5.74, 6) is 1.64. The van der Waals surface area contributed by atoms with E-state index >= 15 is 0 Å². The number of anilines is 1. The molecule has 0 fully saturated rings. The van der Waals surface area contributed by atoms with Gasteiger partial charge in [0.05, 0.1) is 11.0 Å². The molecule has 0 atom stereocenters. The van der Waals surface area contributed by atoms with Crippen LogP contribution in [0.4, 0.5) is 5.82 Å². The molecule has 0 radical (unpaired) electrons. The lowest BCUT2D eigenvalue weighted by Gasteiger charge is -2.08. The third-order valence-electron chi connectivity index (χ3n) is 3.06. The van der Waals surface area contributed by atoms with Crippen molar-refractivity contribution in [3.8, 4) is 0 Å². The summed E-state index contributed by atoms with van der Waals surface area (Å²) in [7, 11) is 1.87. The van der Waals surface area contributed by atoms with Gasteiger partial charge in [-0.05, 0) is 29.8 Å². The predicted octanol–water partition coefficient (Wildman–Crippen LogP) is 4.62. The Kier molecular flexibility index (Phi) is 4.27. The van der Waals surface area contributed by atoms with Crippen LogP contribution in [0.2, 0.25) is 5.02 Å². The zero-order valence-corrected chi connectivity index (χ0v) is 13.1. The van der Waals surface area contributed by atoms with Crippen molar-refractivity contribution in [3.05, 3.63) is 59.1 Å². The molecule has 0 aliphatic heterocycles. The predicted molar refractivity (Wildman–Crippen MR) is 90.1 cm³/mol. The van der Waals surface area contributed by atoms with E-state index in [2.05, 4.69) is 10.3 Å². The van der Waals surface area contributed by atoms with Crippen LogP contribution >= 0.6 is 23.4 Å². The van der Waals surface area contributed by atoms with Gasteiger partial charge in [-0.1, -0.05) is 47.6 Å². The fourth-order valence-electron chi connectivity index (χ4n) is 1.98. The van der Waals surface area contributed by atoms with Gasteiger partial charge < -0.3 is 5.32 Å². The Hall–Kier alpha value is -1.78. The van der Waals surface area contributed by atoms with Gasteiger partial charge in [0, 0.05) is 17.8 Å². The van der Waals surface area contributed by atoms with E-state index in [1.807, 2.05) is 55.6 Å². The molecule has 0 spiro atoms. The Balaban J connectivity index is 1.86. The van der Waals surface area contributed by atoms with E-state index in [4.69, 9.17) is 16.6 Å². The zero-order chi connectivity index (χ0) is 14.7. The van der Waals surface area contributed by atoms with Gasteiger partial charge in [-0.25, -0.2) is 9.97 Å². The number of aromatic nitrogens is 2. The van der Waals surface area contributed by atoms with Gasteiger partial charge in [0.15, 0.2) is 5.82 Å². The number of hydrogen-bond acceptors (Lipinski definition) is 4. The lowest BCUT2D eigenvalue weighted by molar-refractivity contribution is 1.11. The van der Waals surface area contributed by atoms with Crippen LogP contribution in [0.5, 0.6) is 0 Å². The SMILES string of the molecule is CNc1nc2ccccc2nc1SCc1ccc(Cl)cc1. The maximum atomic E-state index is 5.90. The van der Waals surface area contributed by atoms with Crippen LogP contribution < -0.4 is 5.32 Å². The van der Waals surface area contributed by atoms with E-state index < -0.39 is 0 Å². The second-order valence-electron chi connectivity index (χ2n) is 4.53. The Bertz CT molecular complexity index is 759. The topological polar surface area (TPSA) is 37.8 Å².